The van der Waals surface area contributed by atoms with Crippen molar-refractivity contribution in [2.75, 3.05) is 11.9 Å². The molecule has 7 nitrogen and oxygen atoms in total. The number of nitrogens with one attached hydrogen (secondary N) is 2. The molecule has 0 unspecified atom stereocenters. The SMILES string of the molecule is CC(=O)NCCCCCC(=O)Nc1snc(C)c1C(=O)O. The molecule has 0 aromatic carbocycles. The lowest BCUT2D eigenvalue weighted by Gasteiger charge is -2.04. The molecule has 2 amide bonds. The Morgan fingerprint density at radius 2 is 1.95 bits per heavy atom. The van der Waals surface area contributed by atoms with E-state index in [1.807, 2.05) is 0 Å². The molecule has 1 aromatic heterocycles. The topological polar surface area (TPSA) is 108 Å². The summed E-state index contributed by atoms with van der Waals surface area (Å²) in [7, 11) is 0. The van der Waals surface area contributed by atoms with Gasteiger partial charge in [-0.2, -0.15) is 4.37 Å². The van der Waals surface area contributed by atoms with Gasteiger partial charge in [0, 0.05) is 19.9 Å². The highest BCUT2D eigenvalue weighted by Gasteiger charge is 2.18. The summed E-state index contributed by atoms with van der Waals surface area (Å²) < 4.78 is 3.93. The fraction of sp³-hybridized carbons (Fsp3) is 0.538. The van der Waals surface area contributed by atoms with Crippen LogP contribution in [0.15, 0.2) is 0 Å². The minimum absolute atomic E-state index is 0.0546. The lowest BCUT2D eigenvalue weighted by Crippen LogP contribution is -2.20. The molecule has 1 rings (SSSR count). The van der Waals surface area contributed by atoms with Crippen LogP contribution in [0.1, 0.15) is 48.7 Å². The first-order valence-electron chi connectivity index (χ1n) is 6.65. The third kappa shape index (κ3) is 5.90. The summed E-state index contributed by atoms with van der Waals surface area (Å²) in [4.78, 5) is 33.4. The van der Waals surface area contributed by atoms with E-state index in [1.165, 1.54) is 6.92 Å². The number of amides is 2. The van der Waals surface area contributed by atoms with Gasteiger partial charge in [0.1, 0.15) is 10.6 Å². The van der Waals surface area contributed by atoms with Gasteiger partial charge < -0.3 is 15.7 Å². The fourth-order valence-electron chi connectivity index (χ4n) is 1.75. The number of aryl methyl sites for hydroxylation is 1. The van der Waals surface area contributed by atoms with Crippen molar-refractivity contribution in [2.24, 2.45) is 0 Å². The zero-order valence-corrected chi connectivity index (χ0v) is 12.9. The van der Waals surface area contributed by atoms with Crippen LogP contribution in [-0.4, -0.2) is 33.8 Å². The molecule has 0 saturated carbocycles. The number of anilines is 1. The molecule has 0 atom stereocenters. The highest BCUT2D eigenvalue weighted by molar-refractivity contribution is 7.11. The maximum absolute atomic E-state index is 11.7. The number of aromatic nitrogens is 1. The second-order valence-electron chi connectivity index (χ2n) is 4.62. The lowest BCUT2D eigenvalue weighted by atomic mass is 10.2. The molecule has 0 bridgehead atoms. The van der Waals surface area contributed by atoms with Gasteiger partial charge in [0.05, 0.1) is 5.69 Å². The summed E-state index contributed by atoms with van der Waals surface area (Å²) in [6.07, 6.45) is 2.63. The maximum Gasteiger partial charge on any atom is 0.340 e. The molecule has 21 heavy (non-hydrogen) atoms. The number of unbranched alkanes of at least 4 members (excludes halogenated alkanes) is 2. The predicted octanol–water partition coefficient (Wildman–Crippen LogP) is 1.78. The van der Waals surface area contributed by atoms with Gasteiger partial charge in [0.25, 0.3) is 0 Å². The summed E-state index contributed by atoms with van der Waals surface area (Å²) >= 11 is 0.973. The first-order valence-corrected chi connectivity index (χ1v) is 7.43. The number of aromatic carboxylic acids is 1. The zero-order chi connectivity index (χ0) is 15.8. The number of nitrogens with zero attached hydrogens (tertiary/aromatic N) is 1. The molecule has 0 saturated heterocycles. The number of carbonyl (C=O) groups excluding carboxylic acids is 2. The Hall–Kier alpha value is -1.96. The predicted molar refractivity (Wildman–Crippen MR) is 79.6 cm³/mol. The van der Waals surface area contributed by atoms with Gasteiger partial charge >= 0.3 is 5.97 Å². The summed E-state index contributed by atoms with van der Waals surface area (Å²) in [6.45, 7) is 3.66. The molecule has 0 aliphatic carbocycles. The molecule has 8 heteroatoms. The third-order valence-corrected chi connectivity index (χ3v) is 3.64. The Kier molecular flexibility index (Phi) is 6.80. The van der Waals surface area contributed by atoms with E-state index in [0.29, 0.717) is 25.1 Å². The van der Waals surface area contributed by atoms with Crippen LogP contribution in [0.5, 0.6) is 0 Å². The van der Waals surface area contributed by atoms with E-state index in [1.54, 1.807) is 6.92 Å². The van der Waals surface area contributed by atoms with Crippen LogP contribution in [-0.2, 0) is 9.59 Å². The standard InChI is InChI=1S/C13H19N3O4S/c1-8-11(13(19)20)12(21-16-8)15-10(18)6-4-3-5-7-14-9(2)17/h3-7H2,1-2H3,(H,14,17)(H,15,18)(H,19,20). The Morgan fingerprint density at radius 3 is 2.57 bits per heavy atom. The largest absolute Gasteiger partial charge is 0.478 e. The van der Waals surface area contributed by atoms with Crippen LogP contribution < -0.4 is 10.6 Å². The number of carbonyl (C=O) groups is 3. The average molecular weight is 313 g/mol. The van der Waals surface area contributed by atoms with Crippen LogP contribution in [0.25, 0.3) is 0 Å². The number of carboxylic acids is 1. The van der Waals surface area contributed by atoms with E-state index in [4.69, 9.17) is 5.11 Å². The van der Waals surface area contributed by atoms with Crippen LogP contribution >= 0.6 is 11.5 Å². The van der Waals surface area contributed by atoms with Crippen molar-refractivity contribution in [3.63, 3.8) is 0 Å². The van der Waals surface area contributed by atoms with Gasteiger partial charge in [0.15, 0.2) is 0 Å². The summed E-state index contributed by atoms with van der Waals surface area (Å²) in [5.41, 5.74) is 0.456. The fourth-order valence-corrected chi connectivity index (χ4v) is 2.55. The highest BCUT2D eigenvalue weighted by atomic mass is 32.1. The first kappa shape index (κ1) is 17.1. The van der Waals surface area contributed by atoms with E-state index in [9.17, 15) is 14.4 Å². The van der Waals surface area contributed by atoms with Crippen LogP contribution in [0.3, 0.4) is 0 Å². The minimum atomic E-state index is -1.09. The van der Waals surface area contributed by atoms with Gasteiger partial charge in [-0.1, -0.05) is 6.42 Å². The van der Waals surface area contributed by atoms with E-state index >= 15 is 0 Å². The lowest BCUT2D eigenvalue weighted by molar-refractivity contribution is -0.119. The molecule has 0 radical (unpaired) electrons. The maximum atomic E-state index is 11.7. The van der Waals surface area contributed by atoms with E-state index in [0.717, 1.165) is 24.4 Å². The van der Waals surface area contributed by atoms with E-state index < -0.39 is 5.97 Å². The Morgan fingerprint density at radius 1 is 1.24 bits per heavy atom. The minimum Gasteiger partial charge on any atom is -0.478 e. The second-order valence-corrected chi connectivity index (χ2v) is 5.39. The Balaban J connectivity index is 2.31. The third-order valence-electron chi connectivity index (χ3n) is 2.78. The van der Waals surface area contributed by atoms with Crippen LogP contribution in [0.4, 0.5) is 5.00 Å². The molecule has 1 heterocycles. The van der Waals surface area contributed by atoms with Gasteiger partial charge in [0.2, 0.25) is 11.8 Å². The summed E-state index contributed by atoms with van der Waals surface area (Å²) in [5.74, 6) is -1.37. The van der Waals surface area contributed by atoms with Crippen molar-refractivity contribution in [3.05, 3.63) is 11.3 Å². The zero-order valence-electron chi connectivity index (χ0n) is 12.1. The molecular formula is C13H19N3O4S. The molecule has 0 spiro atoms. The van der Waals surface area contributed by atoms with Gasteiger partial charge in [-0.15, -0.1) is 0 Å². The molecular weight excluding hydrogens is 294 g/mol. The molecule has 0 fully saturated rings. The number of hydrogen-bond donors (Lipinski definition) is 3. The monoisotopic (exact) mass is 313 g/mol. The smallest absolute Gasteiger partial charge is 0.340 e. The summed E-state index contributed by atoms with van der Waals surface area (Å²) in [6, 6.07) is 0. The molecule has 116 valence electrons. The van der Waals surface area contributed by atoms with Crippen LogP contribution in [0.2, 0.25) is 0 Å². The average Bonchev–Trinajstić information content (AvgIpc) is 2.74. The highest BCUT2D eigenvalue weighted by Crippen LogP contribution is 2.24. The molecule has 1 aromatic rings. The van der Waals surface area contributed by atoms with Crippen molar-refractivity contribution in [1.82, 2.24) is 9.69 Å². The van der Waals surface area contributed by atoms with Gasteiger partial charge in [-0.05, 0) is 31.3 Å². The van der Waals surface area contributed by atoms with Crippen molar-refractivity contribution < 1.29 is 19.5 Å². The molecule has 3 N–H and O–H groups in total. The quantitative estimate of drug-likeness (QED) is 0.634. The van der Waals surface area contributed by atoms with Crippen molar-refractivity contribution in [1.29, 1.82) is 0 Å². The normalized spacial score (nSPS) is 10.2. The number of carboxylic acid groups (broad SMARTS) is 1. The van der Waals surface area contributed by atoms with E-state index in [2.05, 4.69) is 15.0 Å². The first-order chi connectivity index (χ1) is 9.91. The van der Waals surface area contributed by atoms with Crippen molar-refractivity contribution >= 4 is 34.3 Å². The van der Waals surface area contributed by atoms with Gasteiger partial charge in [-0.25, -0.2) is 4.79 Å². The van der Waals surface area contributed by atoms with E-state index in [-0.39, 0.29) is 22.4 Å². The summed E-state index contributed by atoms with van der Waals surface area (Å²) in [5, 5.41) is 14.6. The second kappa shape index (κ2) is 8.35. The van der Waals surface area contributed by atoms with Crippen molar-refractivity contribution in [2.45, 2.75) is 39.5 Å². The Labute approximate surface area is 126 Å². The van der Waals surface area contributed by atoms with Gasteiger partial charge in [-0.3, -0.25) is 9.59 Å². The number of rotatable bonds is 8. The molecule has 0 aliphatic heterocycles. The number of hydrogen-bond acceptors (Lipinski definition) is 5. The van der Waals surface area contributed by atoms with Crippen molar-refractivity contribution in [3.8, 4) is 0 Å². The molecule has 0 aliphatic rings. The van der Waals surface area contributed by atoms with Crippen LogP contribution in [0, 0.1) is 6.92 Å². The Bertz CT molecular complexity index is 527.